The molecule has 0 aliphatic rings. The molecule has 8 heteroatoms. The number of pyridine rings is 2. The molecule has 0 spiro atoms. The lowest BCUT2D eigenvalue weighted by atomic mass is 10.0. The zero-order chi connectivity index (χ0) is 33.9. The summed E-state index contributed by atoms with van der Waals surface area (Å²) < 4.78 is 6.73. The highest BCUT2D eigenvalue weighted by Crippen LogP contribution is 2.35. The van der Waals surface area contributed by atoms with Gasteiger partial charge in [-0.15, -0.1) is 22.7 Å². The van der Waals surface area contributed by atoms with Gasteiger partial charge in [0.05, 0.1) is 42.5 Å². The van der Waals surface area contributed by atoms with Crippen LogP contribution in [0.2, 0.25) is 0 Å². The third kappa shape index (κ3) is 4.96. The van der Waals surface area contributed by atoms with Crippen LogP contribution in [0.25, 0.3) is 85.2 Å². The summed E-state index contributed by atoms with van der Waals surface area (Å²) in [5.74, 6) is 0. The van der Waals surface area contributed by atoms with Crippen molar-refractivity contribution in [1.29, 1.82) is 0 Å². The average molecular weight is 691 g/mol. The first-order valence-corrected chi connectivity index (χ1v) is 19.0. The summed E-state index contributed by atoms with van der Waals surface area (Å²) in [5, 5.41) is 4.42. The number of aromatic nitrogens is 4. The van der Waals surface area contributed by atoms with Crippen LogP contribution < -0.4 is 10.9 Å². The zero-order valence-electron chi connectivity index (χ0n) is 27.9. The number of hydrogen-bond donors (Lipinski definition) is 0. The van der Waals surface area contributed by atoms with Crippen molar-refractivity contribution in [3.05, 3.63) is 118 Å². The quantitative estimate of drug-likeness (QED) is 0.149. The van der Waals surface area contributed by atoms with Gasteiger partial charge in [-0.3, -0.25) is 9.59 Å². The van der Waals surface area contributed by atoms with Crippen LogP contribution >= 0.6 is 22.7 Å². The fourth-order valence-electron chi connectivity index (χ4n) is 7.22. The summed E-state index contributed by atoms with van der Waals surface area (Å²) in [6.07, 6.45) is 3.92. The molecule has 0 saturated heterocycles. The fourth-order valence-corrected chi connectivity index (χ4v) is 9.14. The Hall–Kier alpha value is -5.18. The number of benzene rings is 5. The average Bonchev–Trinajstić information content (AvgIpc) is 3.79. The number of para-hydroxylation sites is 2. The van der Waals surface area contributed by atoms with Crippen LogP contribution in [0.15, 0.2) is 107 Å². The smallest absolute Gasteiger partial charge is 0.197 e. The van der Waals surface area contributed by atoms with Crippen LogP contribution in [0.1, 0.15) is 39.5 Å². The molecule has 5 aromatic carbocycles. The molecule has 6 nitrogen and oxygen atoms in total. The second-order valence-electron chi connectivity index (χ2n) is 13.0. The van der Waals surface area contributed by atoms with Crippen LogP contribution in [-0.4, -0.2) is 19.1 Å². The maximum Gasteiger partial charge on any atom is 0.197 e. The molecule has 9 rings (SSSR count). The standard InChI is InChI=1S/C42H34N4O2S2/c1-3-5-19-45-33-17-15-25(41-43-31-11-7-9-13-37(31)49-41)21-27(33)39(47)29-24-36-30(23-35(29)45)40(48)28-22-26(16-18-34(28)46(36)20-6-4-2)42-44-32-12-8-10-14-38(32)50-42/h7-18,21-24H,3-6,19-20H2,1-2H3. The largest absolute Gasteiger partial charge is 0.340 e. The van der Waals surface area contributed by atoms with Gasteiger partial charge >= 0.3 is 0 Å². The monoisotopic (exact) mass is 690 g/mol. The van der Waals surface area contributed by atoms with Gasteiger partial charge in [0, 0.05) is 45.8 Å². The van der Waals surface area contributed by atoms with Gasteiger partial charge in [-0.25, -0.2) is 9.97 Å². The molecule has 4 heterocycles. The van der Waals surface area contributed by atoms with Crippen molar-refractivity contribution in [1.82, 2.24) is 19.1 Å². The lowest BCUT2D eigenvalue weighted by Crippen LogP contribution is -2.16. The van der Waals surface area contributed by atoms with Crippen LogP contribution in [-0.2, 0) is 13.1 Å². The van der Waals surface area contributed by atoms with E-state index in [2.05, 4.69) is 59.4 Å². The van der Waals surface area contributed by atoms with Gasteiger partial charge in [0.25, 0.3) is 0 Å². The van der Waals surface area contributed by atoms with E-state index in [1.807, 2.05) is 60.7 Å². The minimum absolute atomic E-state index is 0.0200. The summed E-state index contributed by atoms with van der Waals surface area (Å²) >= 11 is 3.28. The number of unbranched alkanes of at least 4 members (excludes halogenated alkanes) is 2. The molecule has 0 amide bonds. The van der Waals surface area contributed by atoms with E-state index in [0.717, 1.165) is 102 Å². The molecular formula is C42H34N4O2S2. The SMILES string of the molecule is CCCCn1c2ccc(-c3nc4ccccc4s3)cc2c(=O)c2cc3c(cc21)c(=O)c1cc(-c2nc4ccccc4s2)ccc1n3CCCC. The van der Waals surface area contributed by atoms with Crippen molar-refractivity contribution in [2.75, 3.05) is 0 Å². The maximum atomic E-state index is 14.5. The highest BCUT2D eigenvalue weighted by Gasteiger charge is 2.19. The Morgan fingerprint density at radius 2 is 0.940 bits per heavy atom. The molecular weight excluding hydrogens is 657 g/mol. The predicted octanol–water partition coefficient (Wildman–Crippen LogP) is 10.8. The van der Waals surface area contributed by atoms with Gasteiger partial charge in [-0.2, -0.15) is 0 Å². The van der Waals surface area contributed by atoms with Crippen molar-refractivity contribution in [2.45, 2.75) is 52.6 Å². The van der Waals surface area contributed by atoms with E-state index in [0.29, 0.717) is 21.5 Å². The third-order valence-electron chi connectivity index (χ3n) is 9.80. The first-order valence-electron chi connectivity index (χ1n) is 17.3. The summed E-state index contributed by atoms with van der Waals surface area (Å²) in [6.45, 7) is 5.84. The van der Waals surface area contributed by atoms with Gasteiger partial charge < -0.3 is 9.13 Å². The minimum atomic E-state index is -0.0200. The third-order valence-corrected chi connectivity index (χ3v) is 12.0. The minimum Gasteiger partial charge on any atom is -0.340 e. The summed E-state index contributed by atoms with van der Waals surface area (Å²) in [5.41, 5.74) is 7.12. The molecule has 0 unspecified atom stereocenters. The van der Waals surface area contributed by atoms with Crippen LogP contribution in [0.5, 0.6) is 0 Å². The molecule has 50 heavy (non-hydrogen) atoms. The summed E-state index contributed by atoms with van der Waals surface area (Å²) in [6, 6.07) is 32.5. The van der Waals surface area contributed by atoms with Gasteiger partial charge in [-0.1, -0.05) is 51.0 Å². The van der Waals surface area contributed by atoms with Crippen LogP contribution in [0, 0.1) is 0 Å². The fraction of sp³-hybridized carbons (Fsp3) is 0.190. The van der Waals surface area contributed by atoms with E-state index in [4.69, 9.17) is 9.97 Å². The Labute approximate surface area is 295 Å². The number of fused-ring (bicyclic) bond motifs is 6. The van der Waals surface area contributed by atoms with Crippen molar-refractivity contribution in [3.8, 4) is 21.1 Å². The molecule has 0 bridgehead atoms. The Morgan fingerprint density at radius 3 is 1.36 bits per heavy atom. The molecule has 246 valence electrons. The Kier molecular flexibility index (Phi) is 7.59. The molecule has 0 aliphatic heterocycles. The molecule has 0 radical (unpaired) electrons. The maximum absolute atomic E-state index is 14.5. The Morgan fingerprint density at radius 1 is 0.520 bits per heavy atom. The second-order valence-corrected chi connectivity index (χ2v) is 15.1. The number of rotatable bonds is 8. The number of aryl methyl sites for hydroxylation is 2. The van der Waals surface area contributed by atoms with Gasteiger partial charge in [-0.05, 0) is 85.6 Å². The topological polar surface area (TPSA) is 69.8 Å². The van der Waals surface area contributed by atoms with E-state index in [9.17, 15) is 9.59 Å². The number of hydrogen-bond acceptors (Lipinski definition) is 6. The molecule has 0 saturated carbocycles. The van der Waals surface area contributed by atoms with Crippen LogP contribution in [0.3, 0.4) is 0 Å². The number of thiazole rings is 2. The molecule has 4 aromatic heterocycles. The van der Waals surface area contributed by atoms with Gasteiger partial charge in [0.15, 0.2) is 10.9 Å². The first kappa shape index (κ1) is 30.8. The van der Waals surface area contributed by atoms with E-state index >= 15 is 0 Å². The molecule has 0 atom stereocenters. The summed E-state index contributed by atoms with van der Waals surface area (Å²) in [7, 11) is 0. The van der Waals surface area contributed by atoms with Gasteiger partial charge in [0.1, 0.15) is 10.0 Å². The normalized spacial score (nSPS) is 12.0. The van der Waals surface area contributed by atoms with E-state index < -0.39 is 0 Å². The van der Waals surface area contributed by atoms with E-state index in [1.54, 1.807) is 22.7 Å². The van der Waals surface area contributed by atoms with E-state index in [1.165, 1.54) is 0 Å². The highest BCUT2D eigenvalue weighted by atomic mass is 32.1. The lowest BCUT2D eigenvalue weighted by molar-refractivity contribution is 0.660. The molecule has 9 aromatic rings. The van der Waals surface area contributed by atoms with Crippen molar-refractivity contribution >= 4 is 86.7 Å². The highest BCUT2D eigenvalue weighted by molar-refractivity contribution is 7.22. The zero-order valence-corrected chi connectivity index (χ0v) is 29.5. The van der Waals surface area contributed by atoms with Crippen molar-refractivity contribution in [3.63, 3.8) is 0 Å². The Balaban J connectivity index is 1.31. The van der Waals surface area contributed by atoms with Crippen LogP contribution in [0.4, 0.5) is 0 Å². The number of nitrogens with zero attached hydrogens (tertiary/aromatic N) is 4. The second kappa shape index (κ2) is 12.3. The molecule has 0 N–H and O–H groups in total. The Bertz CT molecular complexity index is 2650. The first-order chi connectivity index (χ1) is 24.5. The molecule has 0 aliphatic carbocycles. The van der Waals surface area contributed by atoms with Gasteiger partial charge in [0.2, 0.25) is 0 Å². The predicted molar refractivity (Wildman–Crippen MR) is 212 cm³/mol. The van der Waals surface area contributed by atoms with Crippen molar-refractivity contribution in [2.24, 2.45) is 0 Å². The molecule has 0 fully saturated rings. The van der Waals surface area contributed by atoms with Crippen molar-refractivity contribution < 1.29 is 0 Å². The van der Waals surface area contributed by atoms with E-state index in [-0.39, 0.29) is 10.9 Å². The lowest BCUT2D eigenvalue weighted by Gasteiger charge is -2.19. The summed E-state index contributed by atoms with van der Waals surface area (Å²) in [4.78, 5) is 38.8.